The zero-order valence-corrected chi connectivity index (χ0v) is 11.2. The maximum atomic E-state index is 12.9. The SMILES string of the molecule is FC(F)(F)c1cc(Oc2ccc3c(c2)OCO3)n2ncnc2n1. The molecule has 3 heterocycles. The van der Waals surface area contributed by atoms with E-state index in [1.165, 1.54) is 6.07 Å². The predicted molar refractivity (Wildman–Crippen MR) is 68.4 cm³/mol. The van der Waals surface area contributed by atoms with Crippen LogP contribution in [-0.2, 0) is 6.18 Å². The van der Waals surface area contributed by atoms with Crippen LogP contribution in [0.25, 0.3) is 5.78 Å². The molecule has 118 valence electrons. The second-order valence-electron chi connectivity index (χ2n) is 4.57. The molecule has 1 aliphatic rings. The number of aromatic nitrogens is 4. The highest BCUT2D eigenvalue weighted by Crippen LogP contribution is 2.37. The lowest BCUT2D eigenvalue weighted by molar-refractivity contribution is -0.141. The molecule has 1 aliphatic heterocycles. The maximum Gasteiger partial charge on any atom is 0.433 e. The van der Waals surface area contributed by atoms with Crippen LogP contribution < -0.4 is 14.2 Å². The zero-order valence-electron chi connectivity index (χ0n) is 11.2. The molecule has 3 aromatic rings. The summed E-state index contributed by atoms with van der Waals surface area (Å²) in [5.41, 5.74) is -1.12. The van der Waals surface area contributed by atoms with Gasteiger partial charge in [0.15, 0.2) is 17.2 Å². The van der Waals surface area contributed by atoms with Gasteiger partial charge in [-0.2, -0.15) is 27.8 Å². The van der Waals surface area contributed by atoms with Gasteiger partial charge >= 0.3 is 6.18 Å². The summed E-state index contributed by atoms with van der Waals surface area (Å²) >= 11 is 0. The molecule has 0 fully saturated rings. The van der Waals surface area contributed by atoms with Crippen molar-refractivity contribution in [3.8, 4) is 23.1 Å². The third-order valence-corrected chi connectivity index (χ3v) is 3.08. The second kappa shape index (κ2) is 4.73. The smallest absolute Gasteiger partial charge is 0.433 e. The van der Waals surface area contributed by atoms with Crippen LogP contribution in [0.1, 0.15) is 5.69 Å². The van der Waals surface area contributed by atoms with E-state index in [9.17, 15) is 13.2 Å². The van der Waals surface area contributed by atoms with Gasteiger partial charge < -0.3 is 14.2 Å². The fraction of sp³-hybridized carbons (Fsp3) is 0.154. The lowest BCUT2D eigenvalue weighted by atomic mass is 10.3. The van der Waals surface area contributed by atoms with Gasteiger partial charge in [0.05, 0.1) is 0 Å². The van der Waals surface area contributed by atoms with Crippen molar-refractivity contribution in [1.29, 1.82) is 0 Å². The number of nitrogens with zero attached hydrogens (tertiary/aromatic N) is 4. The summed E-state index contributed by atoms with van der Waals surface area (Å²) < 4.78 is 55.7. The Labute approximate surface area is 126 Å². The highest BCUT2D eigenvalue weighted by atomic mass is 19.4. The monoisotopic (exact) mass is 324 g/mol. The summed E-state index contributed by atoms with van der Waals surface area (Å²) in [4.78, 5) is 7.08. The molecule has 0 saturated heterocycles. The fourth-order valence-corrected chi connectivity index (χ4v) is 2.06. The summed E-state index contributed by atoms with van der Waals surface area (Å²) in [6, 6.07) is 5.41. The number of rotatable bonds is 2. The minimum Gasteiger partial charge on any atom is -0.454 e. The van der Waals surface area contributed by atoms with Crippen LogP contribution in [0, 0.1) is 0 Å². The van der Waals surface area contributed by atoms with Gasteiger partial charge in [-0.15, -0.1) is 0 Å². The molecule has 0 N–H and O–H groups in total. The zero-order chi connectivity index (χ0) is 16.0. The van der Waals surface area contributed by atoms with Gasteiger partial charge in [-0.1, -0.05) is 0 Å². The third kappa shape index (κ3) is 2.37. The lowest BCUT2D eigenvalue weighted by Gasteiger charge is -2.10. The van der Waals surface area contributed by atoms with Crippen LogP contribution in [0.15, 0.2) is 30.6 Å². The van der Waals surface area contributed by atoms with Crippen molar-refractivity contribution in [3.05, 3.63) is 36.3 Å². The van der Waals surface area contributed by atoms with Crippen LogP contribution in [0.4, 0.5) is 13.2 Å². The van der Waals surface area contributed by atoms with E-state index in [1.54, 1.807) is 12.1 Å². The Bertz CT molecular complexity index is 894. The normalized spacial score (nSPS) is 13.5. The Morgan fingerprint density at radius 1 is 1.13 bits per heavy atom. The number of halogens is 3. The van der Waals surface area contributed by atoms with Gasteiger partial charge in [0.1, 0.15) is 12.1 Å². The Balaban J connectivity index is 1.77. The highest BCUT2D eigenvalue weighted by Gasteiger charge is 2.34. The van der Waals surface area contributed by atoms with Gasteiger partial charge in [0.2, 0.25) is 12.7 Å². The number of hydrogen-bond donors (Lipinski definition) is 0. The van der Waals surface area contributed by atoms with E-state index in [0.29, 0.717) is 11.5 Å². The first-order valence-electron chi connectivity index (χ1n) is 6.36. The predicted octanol–water partition coefficient (Wildman–Crippen LogP) is 2.66. The number of alkyl halides is 3. The molecule has 0 unspecified atom stereocenters. The first-order chi connectivity index (χ1) is 11.0. The van der Waals surface area contributed by atoms with Crippen LogP contribution in [0.3, 0.4) is 0 Å². The summed E-state index contributed by atoms with van der Waals surface area (Å²) in [5, 5.41) is 3.81. The third-order valence-electron chi connectivity index (χ3n) is 3.08. The van der Waals surface area contributed by atoms with Gasteiger partial charge in [-0.05, 0) is 12.1 Å². The van der Waals surface area contributed by atoms with Gasteiger partial charge in [0.25, 0.3) is 5.78 Å². The van der Waals surface area contributed by atoms with E-state index in [-0.39, 0.29) is 24.2 Å². The van der Waals surface area contributed by atoms with Crippen molar-refractivity contribution < 1.29 is 27.4 Å². The highest BCUT2D eigenvalue weighted by molar-refractivity contribution is 5.48. The number of ether oxygens (including phenoxy) is 3. The molecular weight excluding hydrogens is 317 g/mol. The molecule has 0 radical (unpaired) electrons. The molecule has 23 heavy (non-hydrogen) atoms. The van der Waals surface area contributed by atoms with Crippen molar-refractivity contribution in [2.24, 2.45) is 0 Å². The second-order valence-corrected chi connectivity index (χ2v) is 4.57. The van der Waals surface area contributed by atoms with Crippen LogP contribution >= 0.6 is 0 Å². The van der Waals surface area contributed by atoms with Crippen molar-refractivity contribution in [2.45, 2.75) is 6.18 Å². The number of hydrogen-bond acceptors (Lipinski definition) is 6. The van der Waals surface area contributed by atoms with Crippen molar-refractivity contribution in [1.82, 2.24) is 19.6 Å². The number of benzene rings is 1. The fourth-order valence-electron chi connectivity index (χ4n) is 2.06. The van der Waals surface area contributed by atoms with E-state index in [4.69, 9.17) is 14.2 Å². The topological polar surface area (TPSA) is 70.8 Å². The van der Waals surface area contributed by atoms with Crippen molar-refractivity contribution in [3.63, 3.8) is 0 Å². The molecule has 2 aromatic heterocycles. The molecule has 4 rings (SSSR count). The molecule has 7 nitrogen and oxygen atoms in total. The summed E-state index contributed by atoms with van der Waals surface area (Å²) in [6.45, 7) is 0.0829. The molecular formula is C13H7F3N4O3. The van der Waals surface area contributed by atoms with Gasteiger partial charge in [-0.3, -0.25) is 0 Å². The van der Waals surface area contributed by atoms with Crippen LogP contribution in [0.5, 0.6) is 23.1 Å². The molecule has 1 aromatic carbocycles. The van der Waals surface area contributed by atoms with Crippen LogP contribution in [-0.4, -0.2) is 26.4 Å². The van der Waals surface area contributed by atoms with Gasteiger partial charge in [-0.25, -0.2) is 4.98 Å². The van der Waals surface area contributed by atoms with E-state index in [0.717, 1.165) is 16.9 Å². The summed E-state index contributed by atoms with van der Waals surface area (Å²) in [5.74, 6) is 0.871. The van der Waals surface area contributed by atoms with E-state index in [1.807, 2.05) is 0 Å². The molecule has 0 spiro atoms. The molecule has 0 bridgehead atoms. The van der Waals surface area contributed by atoms with Gasteiger partial charge in [0, 0.05) is 12.1 Å². The van der Waals surface area contributed by atoms with Crippen molar-refractivity contribution in [2.75, 3.05) is 6.79 Å². The quantitative estimate of drug-likeness (QED) is 0.722. The van der Waals surface area contributed by atoms with Crippen molar-refractivity contribution >= 4 is 5.78 Å². The molecule has 0 amide bonds. The standard InChI is InChI=1S/C13H7F3N4O3/c14-13(15,16)10-4-11(20-12(19-10)17-5-18-20)23-7-1-2-8-9(3-7)22-6-21-8/h1-5H,6H2. The summed E-state index contributed by atoms with van der Waals surface area (Å²) in [7, 11) is 0. The average molecular weight is 324 g/mol. The summed E-state index contributed by atoms with van der Waals surface area (Å²) in [6.07, 6.45) is -3.53. The Kier molecular flexibility index (Phi) is 2.80. The first kappa shape index (κ1) is 13.6. The van der Waals surface area contributed by atoms with Crippen LogP contribution in [0.2, 0.25) is 0 Å². The lowest BCUT2D eigenvalue weighted by Crippen LogP contribution is -2.10. The largest absolute Gasteiger partial charge is 0.454 e. The molecule has 0 saturated carbocycles. The first-order valence-corrected chi connectivity index (χ1v) is 6.36. The Morgan fingerprint density at radius 3 is 2.78 bits per heavy atom. The number of fused-ring (bicyclic) bond motifs is 2. The Morgan fingerprint density at radius 2 is 1.96 bits per heavy atom. The molecule has 0 atom stereocenters. The van der Waals surface area contributed by atoms with E-state index < -0.39 is 11.9 Å². The van der Waals surface area contributed by atoms with E-state index >= 15 is 0 Å². The minimum absolute atomic E-state index is 0.0829. The molecule has 10 heteroatoms. The Hall–Kier alpha value is -3.04. The molecule has 0 aliphatic carbocycles. The van der Waals surface area contributed by atoms with E-state index in [2.05, 4.69) is 15.1 Å². The maximum absolute atomic E-state index is 12.9. The minimum atomic E-state index is -4.62. The average Bonchev–Trinajstić information content (AvgIpc) is 3.14.